The molecule has 0 saturated carbocycles. The van der Waals surface area contributed by atoms with Crippen molar-refractivity contribution in [3.8, 4) is 0 Å². The molecule has 1 heterocycles. The third kappa shape index (κ3) is 3.91. The molecule has 0 bridgehead atoms. The second-order valence-electron chi connectivity index (χ2n) is 3.46. The van der Waals surface area contributed by atoms with Gasteiger partial charge < -0.3 is 0 Å². The van der Waals surface area contributed by atoms with E-state index >= 15 is 0 Å². The van der Waals surface area contributed by atoms with Gasteiger partial charge in [-0.3, -0.25) is 4.90 Å². The van der Waals surface area contributed by atoms with Crippen LogP contribution in [0.2, 0.25) is 0 Å². The molecule has 0 unspecified atom stereocenters. The maximum absolute atomic E-state index is 4.30. The van der Waals surface area contributed by atoms with Crippen LogP contribution in [0.25, 0.3) is 0 Å². The van der Waals surface area contributed by atoms with E-state index in [-0.39, 0.29) is 0 Å². The summed E-state index contributed by atoms with van der Waals surface area (Å²) in [7, 11) is 0. The maximum atomic E-state index is 4.30. The molecule has 0 aliphatic carbocycles. The predicted octanol–water partition coefficient (Wildman–Crippen LogP) is 1.90. The van der Waals surface area contributed by atoms with Gasteiger partial charge in [0.15, 0.2) is 0 Å². The quantitative estimate of drug-likeness (QED) is 0.713. The van der Waals surface area contributed by atoms with Crippen LogP contribution >= 0.6 is 15.9 Å². The van der Waals surface area contributed by atoms with E-state index in [0.29, 0.717) is 0 Å². The molecule has 0 aromatic carbocycles. The first-order valence-electron chi connectivity index (χ1n) is 5.46. The van der Waals surface area contributed by atoms with Crippen LogP contribution in [0.4, 0.5) is 0 Å². The molecular weight excluding hydrogens is 256 g/mol. The lowest BCUT2D eigenvalue weighted by atomic mass is 10.4. The summed E-state index contributed by atoms with van der Waals surface area (Å²) >= 11 is 3.46. The Bertz CT molecular complexity index is 274. The van der Waals surface area contributed by atoms with E-state index in [1.54, 1.807) is 6.33 Å². The van der Waals surface area contributed by atoms with E-state index in [2.05, 4.69) is 44.8 Å². The van der Waals surface area contributed by atoms with E-state index in [1.165, 1.54) is 0 Å². The Hall–Kier alpha value is -0.420. The normalized spacial score (nSPS) is 11.2. The fourth-order valence-corrected chi connectivity index (χ4v) is 1.98. The molecule has 5 heteroatoms. The molecule has 0 aliphatic heterocycles. The molecule has 0 amide bonds. The zero-order valence-electron chi connectivity index (χ0n) is 9.49. The van der Waals surface area contributed by atoms with E-state index in [0.717, 1.165) is 43.8 Å². The summed E-state index contributed by atoms with van der Waals surface area (Å²) in [6.07, 6.45) is 2.74. The van der Waals surface area contributed by atoms with Gasteiger partial charge in [0.05, 0.1) is 6.54 Å². The van der Waals surface area contributed by atoms with E-state index in [1.807, 2.05) is 4.68 Å². The van der Waals surface area contributed by atoms with Crippen molar-refractivity contribution in [2.45, 2.75) is 33.4 Å². The van der Waals surface area contributed by atoms with Crippen molar-refractivity contribution in [1.29, 1.82) is 0 Å². The van der Waals surface area contributed by atoms with Crippen molar-refractivity contribution >= 4 is 15.9 Å². The van der Waals surface area contributed by atoms with Crippen molar-refractivity contribution in [3.63, 3.8) is 0 Å². The number of hydrogen-bond acceptors (Lipinski definition) is 3. The minimum Gasteiger partial charge on any atom is -0.295 e. The van der Waals surface area contributed by atoms with Gasteiger partial charge in [-0.2, -0.15) is 5.10 Å². The highest BCUT2D eigenvalue weighted by atomic mass is 79.9. The number of rotatable bonds is 7. The molecule has 1 rings (SSSR count). The van der Waals surface area contributed by atoms with Gasteiger partial charge in [0.1, 0.15) is 12.2 Å². The molecule has 0 aliphatic rings. The molecular formula is C10H19BrN4. The van der Waals surface area contributed by atoms with Gasteiger partial charge in [-0.05, 0) is 13.0 Å². The summed E-state index contributed by atoms with van der Waals surface area (Å²) in [5, 5.41) is 5.22. The minimum atomic E-state index is 0.891. The second-order valence-corrected chi connectivity index (χ2v) is 4.25. The lowest BCUT2D eigenvalue weighted by Crippen LogP contribution is -2.26. The number of halogens is 1. The van der Waals surface area contributed by atoms with Gasteiger partial charge in [-0.25, -0.2) is 9.67 Å². The average Bonchev–Trinajstić information content (AvgIpc) is 2.66. The van der Waals surface area contributed by atoms with Crippen molar-refractivity contribution in [2.75, 3.05) is 18.4 Å². The first-order valence-corrected chi connectivity index (χ1v) is 6.59. The molecule has 0 fully saturated rings. The highest BCUT2D eigenvalue weighted by Gasteiger charge is 2.08. The Morgan fingerprint density at radius 2 is 2.27 bits per heavy atom. The van der Waals surface area contributed by atoms with Gasteiger partial charge >= 0.3 is 0 Å². The monoisotopic (exact) mass is 274 g/mol. The van der Waals surface area contributed by atoms with Crippen LogP contribution in [0.15, 0.2) is 6.33 Å². The third-order valence-electron chi connectivity index (χ3n) is 2.34. The van der Waals surface area contributed by atoms with E-state index in [9.17, 15) is 0 Å². The number of alkyl halides is 1. The lowest BCUT2D eigenvalue weighted by molar-refractivity contribution is 0.284. The molecule has 0 spiro atoms. The Kier molecular flexibility index (Phi) is 5.86. The zero-order chi connectivity index (χ0) is 11.1. The van der Waals surface area contributed by atoms with Crippen LogP contribution in [0, 0.1) is 0 Å². The Morgan fingerprint density at radius 3 is 2.87 bits per heavy atom. The van der Waals surface area contributed by atoms with Crippen LogP contribution < -0.4 is 0 Å². The molecule has 1 aromatic heterocycles. The fourth-order valence-electron chi connectivity index (χ4n) is 1.48. The molecule has 1 aromatic rings. The highest BCUT2D eigenvalue weighted by Crippen LogP contribution is 2.02. The summed E-state index contributed by atoms with van der Waals surface area (Å²) in [5.74, 6) is 1.07. The third-order valence-corrected chi connectivity index (χ3v) is 2.70. The molecule has 15 heavy (non-hydrogen) atoms. The van der Waals surface area contributed by atoms with Gasteiger partial charge in [-0.15, -0.1) is 0 Å². The number of aromatic nitrogens is 3. The summed E-state index contributed by atoms with van der Waals surface area (Å²) < 4.78 is 2.00. The fraction of sp³-hybridized carbons (Fsp3) is 0.800. The SMILES string of the molecule is CCCn1ncnc1CN(CC)CCBr. The van der Waals surface area contributed by atoms with Gasteiger partial charge in [0, 0.05) is 18.4 Å². The number of hydrogen-bond donors (Lipinski definition) is 0. The lowest BCUT2D eigenvalue weighted by Gasteiger charge is -2.18. The van der Waals surface area contributed by atoms with Crippen LogP contribution in [-0.2, 0) is 13.1 Å². The van der Waals surface area contributed by atoms with Crippen molar-refractivity contribution < 1.29 is 0 Å². The molecule has 86 valence electrons. The smallest absolute Gasteiger partial charge is 0.141 e. The zero-order valence-corrected chi connectivity index (χ0v) is 11.1. The maximum Gasteiger partial charge on any atom is 0.141 e. The molecule has 4 nitrogen and oxygen atoms in total. The first kappa shape index (κ1) is 12.6. The molecule has 0 N–H and O–H groups in total. The molecule has 0 atom stereocenters. The number of aryl methyl sites for hydroxylation is 1. The van der Waals surface area contributed by atoms with Crippen molar-refractivity contribution in [3.05, 3.63) is 12.2 Å². The summed E-state index contributed by atoms with van der Waals surface area (Å²) in [6, 6.07) is 0. The molecule has 0 radical (unpaired) electrons. The summed E-state index contributed by atoms with van der Waals surface area (Å²) in [6.45, 7) is 8.27. The van der Waals surface area contributed by atoms with E-state index < -0.39 is 0 Å². The summed E-state index contributed by atoms with van der Waals surface area (Å²) in [4.78, 5) is 6.65. The van der Waals surface area contributed by atoms with Crippen molar-refractivity contribution in [2.24, 2.45) is 0 Å². The molecule has 0 saturated heterocycles. The van der Waals surface area contributed by atoms with Crippen LogP contribution in [-0.4, -0.2) is 38.1 Å². The van der Waals surface area contributed by atoms with Crippen LogP contribution in [0.3, 0.4) is 0 Å². The second kappa shape index (κ2) is 6.95. The highest BCUT2D eigenvalue weighted by molar-refractivity contribution is 9.09. The Morgan fingerprint density at radius 1 is 1.47 bits per heavy atom. The predicted molar refractivity (Wildman–Crippen MR) is 65.1 cm³/mol. The van der Waals surface area contributed by atoms with Gasteiger partial charge in [-0.1, -0.05) is 29.8 Å². The minimum absolute atomic E-state index is 0.891. The Labute approximate surface area is 99.8 Å². The average molecular weight is 275 g/mol. The van der Waals surface area contributed by atoms with Crippen LogP contribution in [0.1, 0.15) is 26.1 Å². The number of nitrogens with zero attached hydrogens (tertiary/aromatic N) is 4. The van der Waals surface area contributed by atoms with E-state index in [4.69, 9.17) is 0 Å². The summed E-state index contributed by atoms with van der Waals surface area (Å²) in [5.41, 5.74) is 0. The largest absolute Gasteiger partial charge is 0.295 e. The van der Waals surface area contributed by atoms with Crippen molar-refractivity contribution in [1.82, 2.24) is 19.7 Å². The topological polar surface area (TPSA) is 34.0 Å². The Balaban J connectivity index is 2.57. The first-order chi connectivity index (χ1) is 7.31. The van der Waals surface area contributed by atoms with Gasteiger partial charge in [0.2, 0.25) is 0 Å². The standard InChI is InChI=1S/C10H19BrN4/c1-3-6-15-10(12-9-13-15)8-14(4-2)7-5-11/h9H,3-8H2,1-2H3. The van der Waals surface area contributed by atoms with Crippen LogP contribution in [0.5, 0.6) is 0 Å². The van der Waals surface area contributed by atoms with Gasteiger partial charge in [0.25, 0.3) is 0 Å².